The number of pyridine rings is 1. The number of allylic oxidation sites excluding steroid dienone is 2. The van der Waals surface area contributed by atoms with Gasteiger partial charge in [-0.3, -0.25) is 4.98 Å². The Bertz CT molecular complexity index is 712. The topological polar surface area (TPSA) is 24.9 Å². The first kappa shape index (κ1) is 12.5. The van der Waals surface area contributed by atoms with Gasteiger partial charge in [0.25, 0.3) is 0 Å². The molecule has 2 nitrogen and oxygen atoms in total. The van der Waals surface area contributed by atoms with Gasteiger partial charge in [-0.25, -0.2) is 8.78 Å². The predicted octanol–water partition coefficient (Wildman–Crippen LogP) is 4.19. The first-order valence-electron chi connectivity index (χ1n) is 7.06. The van der Waals surface area contributed by atoms with Crippen LogP contribution in [0.25, 0.3) is 0 Å². The average molecular weight is 284 g/mol. The van der Waals surface area contributed by atoms with Gasteiger partial charge in [-0.2, -0.15) is 0 Å². The van der Waals surface area contributed by atoms with Crippen molar-refractivity contribution in [1.29, 1.82) is 0 Å². The molecule has 1 aromatic carbocycles. The Kier molecular flexibility index (Phi) is 2.77. The Morgan fingerprint density at radius 2 is 2.14 bits per heavy atom. The van der Waals surface area contributed by atoms with Crippen LogP contribution in [-0.2, 0) is 0 Å². The summed E-state index contributed by atoms with van der Waals surface area (Å²) in [7, 11) is 0. The van der Waals surface area contributed by atoms with Gasteiger partial charge in [0.05, 0.1) is 11.7 Å². The summed E-state index contributed by atoms with van der Waals surface area (Å²) in [6, 6.07) is 6.24. The highest BCUT2D eigenvalue weighted by molar-refractivity contribution is 5.60. The molecule has 1 aliphatic carbocycles. The minimum absolute atomic E-state index is 0.00818. The molecule has 0 spiro atoms. The summed E-state index contributed by atoms with van der Waals surface area (Å²) >= 11 is 0. The lowest BCUT2D eigenvalue weighted by atomic mass is 9.77. The van der Waals surface area contributed by atoms with E-state index in [2.05, 4.69) is 22.5 Å². The van der Waals surface area contributed by atoms with Crippen LogP contribution in [-0.4, -0.2) is 4.98 Å². The second kappa shape index (κ2) is 4.65. The van der Waals surface area contributed by atoms with Crippen molar-refractivity contribution in [3.63, 3.8) is 0 Å². The standard InChI is InChI=1S/C17H14F2N2/c18-11-7-14-12-4-1-5-13(12)16(10-3-2-6-20-9-10)21-17(14)15(19)8-11/h1-4,6-9,12-13,16,21H,5H2/t12-,13-,16-/m0/s1. The Hall–Kier alpha value is -2.23. The van der Waals surface area contributed by atoms with Crippen molar-refractivity contribution >= 4 is 5.69 Å². The molecule has 1 N–H and O–H groups in total. The number of rotatable bonds is 1. The van der Waals surface area contributed by atoms with Crippen molar-refractivity contribution < 1.29 is 8.78 Å². The van der Waals surface area contributed by atoms with Gasteiger partial charge in [-0.05, 0) is 35.6 Å². The second-order valence-electron chi connectivity index (χ2n) is 5.61. The molecule has 4 rings (SSSR count). The summed E-state index contributed by atoms with van der Waals surface area (Å²) in [5, 5.41) is 3.26. The molecule has 2 aromatic rings. The van der Waals surface area contributed by atoms with Crippen LogP contribution in [0.3, 0.4) is 0 Å². The summed E-state index contributed by atoms with van der Waals surface area (Å²) in [6.45, 7) is 0. The number of hydrogen-bond acceptors (Lipinski definition) is 2. The number of aromatic nitrogens is 1. The molecule has 0 radical (unpaired) electrons. The molecule has 106 valence electrons. The highest BCUT2D eigenvalue weighted by Gasteiger charge is 2.39. The lowest BCUT2D eigenvalue weighted by Crippen LogP contribution is -2.30. The van der Waals surface area contributed by atoms with E-state index in [1.807, 2.05) is 12.1 Å². The van der Waals surface area contributed by atoms with Crippen molar-refractivity contribution in [2.24, 2.45) is 5.92 Å². The summed E-state index contributed by atoms with van der Waals surface area (Å²) in [4.78, 5) is 4.15. The van der Waals surface area contributed by atoms with Gasteiger partial charge >= 0.3 is 0 Å². The molecule has 0 unspecified atom stereocenters. The van der Waals surface area contributed by atoms with Crippen LogP contribution in [0, 0.1) is 17.6 Å². The van der Waals surface area contributed by atoms with Crippen LogP contribution in [0.1, 0.15) is 29.5 Å². The third-order valence-electron chi connectivity index (χ3n) is 4.43. The van der Waals surface area contributed by atoms with Gasteiger partial charge in [-0.1, -0.05) is 18.2 Å². The van der Waals surface area contributed by atoms with E-state index in [4.69, 9.17) is 0 Å². The highest BCUT2D eigenvalue weighted by atomic mass is 19.1. The van der Waals surface area contributed by atoms with Crippen LogP contribution >= 0.6 is 0 Å². The molecular formula is C17H14F2N2. The Balaban J connectivity index is 1.84. The Morgan fingerprint density at radius 1 is 1.24 bits per heavy atom. The number of anilines is 1. The fourth-order valence-corrected chi connectivity index (χ4v) is 3.51. The predicted molar refractivity (Wildman–Crippen MR) is 76.9 cm³/mol. The zero-order valence-electron chi connectivity index (χ0n) is 11.3. The van der Waals surface area contributed by atoms with E-state index in [0.29, 0.717) is 11.3 Å². The first-order chi connectivity index (χ1) is 10.2. The van der Waals surface area contributed by atoms with E-state index in [9.17, 15) is 8.78 Å². The molecule has 1 aliphatic heterocycles. The fraction of sp³-hybridized carbons (Fsp3) is 0.235. The number of halogens is 2. The average Bonchev–Trinajstić information content (AvgIpc) is 2.97. The monoisotopic (exact) mass is 284 g/mol. The molecule has 2 aliphatic rings. The van der Waals surface area contributed by atoms with Crippen molar-refractivity contribution in [2.45, 2.75) is 18.4 Å². The number of nitrogens with zero attached hydrogens (tertiary/aromatic N) is 1. The summed E-state index contributed by atoms with van der Waals surface area (Å²) in [5.74, 6) is -0.732. The number of nitrogens with one attached hydrogen (secondary N) is 1. The third-order valence-corrected chi connectivity index (χ3v) is 4.43. The number of benzene rings is 1. The van der Waals surface area contributed by atoms with E-state index in [0.717, 1.165) is 18.1 Å². The zero-order valence-corrected chi connectivity index (χ0v) is 11.3. The lowest BCUT2D eigenvalue weighted by Gasteiger charge is -2.37. The van der Waals surface area contributed by atoms with Gasteiger partial charge in [0.15, 0.2) is 0 Å². The normalized spacial score (nSPS) is 26.1. The van der Waals surface area contributed by atoms with Gasteiger partial charge in [0.1, 0.15) is 11.6 Å². The third kappa shape index (κ3) is 1.94. The molecular weight excluding hydrogens is 270 g/mol. The first-order valence-corrected chi connectivity index (χ1v) is 7.06. The van der Waals surface area contributed by atoms with E-state index in [-0.39, 0.29) is 17.9 Å². The van der Waals surface area contributed by atoms with Crippen LogP contribution in [0.5, 0.6) is 0 Å². The van der Waals surface area contributed by atoms with Crippen molar-refractivity contribution in [2.75, 3.05) is 5.32 Å². The Morgan fingerprint density at radius 3 is 2.95 bits per heavy atom. The minimum Gasteiger partial charge on any atom is -0.375 e. The molecule has 0 bridgehead atoms. The maximum absolute atomic E-state index is 14.1. The molecule has 2 heterocycles. The molecule has 1 aromatic heterocycles. The molecule has 0 saturated carbocycles. The number of fused-ring (bicyclic) bond motifs is 3. The van der Waals surface area contributed by atoms with Gasteiger partial charge in [-0.15, -0.1) is 0 Å². The van der Waals surface area contributed by atoms with Crippen molar-refractivity contribution in [3.05, 3.63) is 71.6 Å². The van der Waals surface area contributed by atoms with Crippen LogP contribution in [0.4, 0.5) is 14.5 Å². The van der Waals surface area contributed by atoms with Crippen LogP contribution in [0.15, 0.2) is 48.8 Å². The summed E-state index contributed by atoms with van der Waals surface area (Å²) < 4.78 is 27.7. The fourth-order valence-electron chi connectivity index (χ4n) is 3.51. The molecule has 0 saturated heterocycles. The highest BCUT2D eigenvalue weighted by Crippen LogP contribution is 2.50. The van der Waals surface area contributed by atoms with E-state index in [1.165, 1.54) is 6.07 Å². The molecule has 4 heteroatoms. The molecule has 0 amide bonds. The van der Waals surface area contributed by atoms with Crippen molar-refractivity contribution in [3.8, 4) is 0 Å². The maximum atomic E-state index is 14.1. The zero-order chi connectivity index (χ0) is 14.4. The van der Waals surface area contributed by atoms with E-state index >= 15 is 0 Å². The Labute approximate surface area is 121 Å². The largest absolute Gasteiger partial charge is 0.375 e. The minimum atomic E-state index is -0.530. The molecule has 21 heavy (non-hydrogen) atoms. The maximum Gasteiger partial charge on any atom is 0.149 e. The SMILES string of the molecule is Fc1cc(F)c2c(c1)[C@H]1C=CC[C@@H]1[C@H](c1cccnc1)N2. The number of hydrogen-bond donors (Lipinski definition) is 1. The van der Waals surface area contributed by atoms with Crippen LogP contribution in [0.2, 0.25) is 0 Å². The van der Waals surface area contributed by atoms with Gasteiger partial charge in [0, 0.05) is 24.4 Å². The van der Waals surface area contributed by atoms with E-state index < -0.39 is 11.6 Å². The van der Waals surface area contributed by atoms with Crippen molar-refractivity contribution in [1.82, 2.24) is 4.98 Å². The quantitative estimate of drug-likeness (QED) is 0.794. The molecule has 0 fully saturated rings. The second-order valence-corrected chi connectivity index (χ2v) is 5.61. The summed E-state index contributed by atoms with van der Waals surface area (Å²) in [6.07, 6.45) is 8.58. The smallest absolute Gasteiger partial charge is 0.149 e. The van der Waals surface area contributed by atoms with Gasteiger partial charge in [0.2, 0.25) is 0 Å². The van der Waals surface area contributed by atoms with E-state index in [1.54, 1.807) is 12.4 Å². The lowest BCUT2D eigenvalue weighted by molar-refractivity contribution is 0.417. The summed E-state index contributed by atoms with van der Waals surface area (Å²) in [5.41, 5.74) is 2.16. The molecule has 3 atom stereocenters. The van der Waals surface area contributed by atoms with Gasteiger partial charge < -0.3 is 5.32 Å². The van der Waals surface area contributed by atoms with Crippen LogP contribution < -0.4 is 5.32 Å².